The molecule has 1 aliphatic heterocycles. The third-order valence-electron chi connectivity index (χ3n) is 5.06. The van der Waals surface area contributed by atoms with E-state index in [0.717, 1.165) is 68.0 Å². The number of aromatic nitrogens is 2. The summed E-state index contributed by atoms with van der Waals surface area (Å²) in [7, 11) is 0. The Balaban J connectivity index is 1.38. The molecule has 0 spiro atoms. The zero-order chi connectivity index (χ0) is 16.5. The number of rotatable bonds is 3. The number of nitrogens with zero attached hydrogens (tertiary/aromatic N) is 4. The van der Waals surface area contributed by atoms with E-state index in [1.165, 1.54) is 0 Å². The molecule has 1 saturated heterocycles. The van der Waals surface area contributed by atoms with Gasteiger partial charge in [-0.05, 0) is 26.2 Å². The molecule has 0 radical (unpaired) electrons. The molecule has 0 bridgehead atoms. The second-order valence-electron chi connectivity index (χ2n) is 6.62. The molecule has 0 atom stereocenters. The molecule has 2 aromatic rings. The minimum absolute atomic E-state index is 0.0164. The Labute approximate surface area is 140 Å². The Morgan fingerprint density at radius 3 is 2.71 bits per heavy atom. The van der Waals surface area contributed by atoms with Crippen LogP contribution < -0.4 is 0 Å². The number of piperazine rings is 1. The summed E-state index contributed by atoms with van der Waals surface area (Å²) in [6, 6.07) is 0. The van der Waals surface area contributed by atoms with E-state index in [-0.39, 0.29) is 5.91 Å². The highest BCUT2D eigenvalue weighted by Gasteiger charge is 2.29. The average Bonchev–Trinajstić information content (AvgIpc) is 3.21. The van der Waals surface area contributed by atoms with E-state index in [0.29, 0.717) is 18.8 Å². The quantitative estimate of drug-likeness (QED) is 0.854. The van der Waals surface area contributed by atoms with Crippen LogP contribution in [0.4, 0.5) is 0 Å². The average molecular weight is 330 g/mol. The van der Waals surface area contributed by atoms with Gasteiger partial charge in [0.2, 0.25) is 0 Å². The first-order chi connectivity index (χ1) is 11.7. The van der Waals surface area contributed by atoms with Crippen molar-refractivity contribution in [1.29, 1.82) is 0 Å². The molecule has 0 N–H and O–H groups in total. The highest BCUT2D eigenvalue weighted by molar-refractivity contribution is 5.94. The van der Waals surface area contributed by atoms with Crippen LogP contribution >= 0.6 is 0 Å². The summed E-state index contributed by atoms with van der Waals surface area (Å²) < 4.78 is 10.5. The lowest BCUT2D eigenvalue weighted by molar-refractivity contribution is 0.0617. The fourth-order valence-electron chi connectivity index (χ4n) is 3.52. The van der Waals surface area contributed by atoms with Crippen molar-refractivity contribution in [2.75, 3.05) is 26.2 Å². The molecule has 24 heavy (non-hydrogen) atoms. The van der Waals surface area contributed by atoms with Crippen molar-refractivity contribution >= 4 is 5.91 Å². The fraction of sp³-hybridized carbons (Fsp3) is 0.588. The first kappa shape index (κ1) is 15.4. The number of carbonyl (C=O) groups is 1. The summed E-state index contributed by atoms with van der Waals surface area (Å²) in [6.07, 6.45) is 5.82. The lowest BCUT2D eigenvalue weighted by Gasteiger charge is -2.34. The Kier molecular flexibility index (Phi) is 4.10. The molecule has 128 valence electrons. The summed E-state index contributed by atoms with van der Waals surface area (Å²) in [6.45, 7) is 5.86. The van der Waals surface area contributed by atoms with Gasteiger partial charge in [0.1, 0.15) is 11.5 Å². The van der Waals surface area contributed by atoms with Gasteiger partial charge >= 0.3 is 0 Å². The Morgan fingerprint density at radius 1 is 1.17 bits per heavy atom. The summed E-state index contributed by atoms with van der Waals surface area (Å²) >= 11 is 0. The molecule has 1 amide bonds. The van der Waals surface area contributed by atoms with Crippen LogP contribution in [-0.4, -0.2) is 52.2 Å². The smallest absolute Gasteiger partial charge is 0.276 e. The molecule has 1 fully saturated rings. The predicted molar refractivity (Wildman–Crippen MR) is 85.6 cm³/mol. The topological polar surface area (TPSA) is 75.6 Å². The van der Waals surface area contributed by atoms with Crippen LogP contribution in [0.2, 0.25) is 0 Å². The van der Waals surface area contributed by atoms with E-state index >= 15 is 0 Å². The molecule has 0 unspecified atom stereocenters. The maximum atomic E-state index is 12.8. The standard InChI is InChI=1S/C17H22N4O3/c1-12-13(10-18-23-12)11-20-6-8-21(9-7-20)17(22)16-14-4-2-3-5-15(14)24-19-16/h10H,2-9,11H2,1H3. The van der Waals surface area contributed by atoms with E-state index in [2.05, 4.69) is 15.2 Å². The summed E-state index contributed by atoms with van der Waals surface area (Å²) in [4.78, 5) is 17.0. The van der Waals surface area contributed by atoms with Gasteiger partial charge in [0.15, 0.2) is 5.69 Å². The lowest BCUT2D eigenvalue weighted by atomic mass is 9.96. The minimum Gasteiger partial charge on any atom is -0.361 e. The molecule has 7 heteroatoms. The van der Waals surface area contributed by atoms with Gasteiger partial charge in [-0.25, -0.2) is 0 Å². The number of aryl methyl sites for hydroxylation is 2. The van der Waals surface area contributed by atoms with Gasteiger partial charge in [-0.2, -0.15) is 0 Å². The first-order valence-electron chi connectivity index (χ1n) is 8.61. The normalized spacial score (nSPS) is 18.6. The van der Waals surface area contributed by atoms with E-state index in [9.17, 15) is 4.79 Å². The van der Waals surface area contributed by atoms with Crippen molar-refractivity contribution in [1.82, 2.24) is 20.1 Å². The predicted octanol–water partition coefficient (Wildman–Crippen LogP) is 1.81. The third-order valence-corrected chi connectivity index (χ3v) is 5.06. The van der Waals surface area contributed by atoms with E-state index < -0.39 is 0 Å². The van der Waals surface area contributed by atoms with Crippen LogP contribution in [0.3, 0.4) is 0 Å². The number of fused-ring (bicyclic) bond motifs is 1. The summed E-state index contributed by atoms with van der Waals surface area (Å²) in [5.74, 6) is 1.79. The first-order valence-corrected chi connectivity index (χ1v) is 8.61. The second-order valence-corrected chi connectivity index (χ2v) is 6.62. The van der Waals surface area contributed by atoms with Crippen LogP contribution in [0.15, 0.2) is 15.2 Å². The van der Waals surface area contributed by atoms with Crippen molar-refractivity contribution < 1.29 is 13.8 Å². The van der Waals surface area contributed by atoms with E-state index in [1.807, 2.05) is 11.8 Å². The van der Waals surface area contributed by atoms with E-state index in [4.69, 9.17) is 9.05 Å². The molecule has 0 saturated carbocycles. The fourth-order valence-corrected chi connectivity index (χ4v) is 3.52. The molecule has 1 aliphatic carbocycles. The van der Waals surface area contributed by atoms with Crippen molar-refractivity contribution in [3.8, 4) is 0 Å². The van der Waals surface area contributed by atoms with Crippen LogP contribution in [0.1, 0.15) is 46.0 Å². The van der Waals surface area contributed by atoms with Crippen LogP contribution in [0.5, 0.6) is 0 Å². The number of carbonyl (C=O) groups excluding carboxylic acids is 1. The zero-order valence-electron chi connectivity index (χ0n) is 14.0. The van der Waals surface area contributed by atoms with Gasteiger partial charge in [-0.1, -0.05) is 10.3 Å². The molecule has 2 aromatic heterocycles. The highest BCUT2D eigenvalue weighted by atomic mass is 16.5. The summed E-state index contributed by atoms with van der Waals surface area (Å²) in [5, 5.41) is 7.88. The van der Waals surface area contributed by atoms with Gasteiger partial charge in [-0.3, -0.25) is 9.69 Å². The molecule has 2 aliphatic rings. The van der Waals surface area contributed by atoms with Crippen molar-refractivity contribution in [2.45, 2.75) is 39.2 Å². The highest BCUT2D eigenvalue weighted by Crippen LogP contribution is 2.25. The van der Waals surface area contributed by atoms with Gasteiger partial charge in [0.25, 0.3) is 5.91 Å². The van der Waals surface area contributed by atoms with Crippen molar-refractivity contribution in [2.24, 2.45) is 0 Å². The van der Waals surface area contributed by atoms with Crippen molar-refractivity contribution in [3.05, 3.63) is 34.5 Å². The lowest BCUT2D eigenvalue weighted by Crippen LogP contribution is -2.48. The zero-order valence-corrected chi connectivity index (χ0v) is 14.0. The molecular formula is C17H22N4O3. The molecule has 7 nitrogen and oxygen atoms in total. The van der Waals surface area contributed by atoms with Gasteiger partial charge < -0.3 is 13.9 Å². The molecule has 3 heterocycles. The van der Waals surface area contributed by atoms with Crippen LogP contribution in [0, 0.1) is 6.92 Å². The van der Waals surface area contributed by atoms with Crippen LogP contribution in [-0.2, 0) is 19.4 Å². The maximum Gasteiger partial charge on any atom is 0.276 e. The Hall–Kier alpha value is -2.15. The van der Waals surface area contributed by atoms with Crippen LogP contribution in [0.25, 0.3) is 0 Å². The minimum atomic E-state index is 0.0164. The number of amides is 1. The molecule has 4 rings (SSSR count). The SMILES string of the molecule is Cc1oncc1CN1CCN(C(=O)c2noc3c2CCCC3)CC1. The van der Waals surface area contributed by atoms with E-state index in [1.54, 1.807) is 6.20 Å². The molecular weight excluding hydrogens is 308 g/mol. The third kappa shape index (κ3) is 2.84. The number of hydrogen-bond donors (Lipinski definition) is 0. The second kappa shape index (κ2) is 6.39. The Bertz CT molecular complexity index is 728. The monoisotopic (exact) mass is 330 g/mol. The number of hydrogen-bond acceptors (Lipinski definition) is 6. The van der Waals surface area contributed by atoms with Gasteiger partial charge in [-0.15, -0.1) is 0 Å². The van der Waals surface area contributed by atoms with Gasteiger partial charge in [0, 0.05) is 50.3 Å². The largest absolute Gasteiger partial charge is 0.361 e. The molecule has 0 aromatic carbocycles. The maximum absolute atomic E-state index is 12.8. The Morgan fingerprint density at radius 2 is 1.96 bits per heavy atom. The summed E-state index contributed by atoms with van der Waals surface area (Å²) in [5.41, 5.74) is 2.68. The van der Waals surface area contributed by atoms with Crippen molar-refractivity contribution in [3.63, 3.8) is 0 Å². The van der Waals surface area contributed by atoms with Gasteiger partial charge in [0.05, 0.1) is 6.20 Å².